The molecule has 3 aromatic rings. The number of nitrogens with one attached hydrogen (secondary N) is 2. The predicted molar refractivity (Wildman–Crippen MR) is 126 cm³/mol. The van der Waals surface area contributed by atoms with E-state index in [2.05, 4.69) is 15.8 Å². The fourth-order valence-corrected chi connectivity index (χ4v) is 2.99. The molecule has 3 rings (SSSR count). The maximum absolute atomic E-state index is 11.9. The predicted octanol–water partition coefficient (Wildman–Crippen LogP) is 4.65. The highest BCUT2D eigenvalue weighted by molar-refractivity contribution is 6.42. The minimum absolute atomic E-state index is 0.258. The number of nitrogens with zero attached hydrogens (tertiary/aromatic N) is 1. The molecule has 164 valence electrons. The second-order valence-electron chi connectivity index (χ2n) is 6.98. The van der Waals surface area contributed by atoms with Crippen molar-refractivity contribution >= 4 is 41.2 Å². The van der Waals surface area contributed by atoms with Gasteiger partial charge in [0, 0.05) is 6.54 Å². The molecule has 0 saturated carbocycles. The van der Waals surface area contributed by atoms with Crippen molar-refractivity contribution in [3.8, 4) is 5.75 Å². The van der Waals surface area contributed by atoms with E-state index in [0.717, 1.165) is 16.7 Å². The molecule has 2 amide bonds. The van der Waals surface area contributed by atoms with Crippen molar-refractivity contribution in [1.29, 1.82) is 0 Å². The Morgan fingerprint density at radius 1 is 0.938 bits per heavy atom. The number of amides is 2. The van der Waals surface area contributed by atoms with E-state index in [1.54, 1.807) is 36.4 Å². The number of hydrogen-bond acceptors (Lipinski definition) is 4. The van der Waals surface area contributed by atoms with Gasteiger partial charge in [0.1, 0.15) is 12.4 Å². The summed E-state index contributed by atoms with van der Waals surface area (Å²) in [5.41, 5.74) is 5.81. The van der Waals surface area contributed by atoms with E-state index in [0.29, 0.717) is 28.0 Å². The van der Waals surface area contributed by atoms with Crippen LogP contribution in [0.3, 0.4) is 0 Å². The smallest absolute Gasteiger partial charge is 0.329 e. The Bertz CT molecular complexity index is 1130. The summed E-state index contributed by atoms with van der Waals surface area (Å²) in [6.45, 7) is 2.55. The van der Waals surface area contributed by atoms with Crippen LogP contribution in [-0.4, -0.2) is 18.0 Å². The maximum atomic E-state index is 11.9. The Kier molecular flexibility index (Phi) is 8.25. The average molecular weight is 470 g/mol. The van der Waals surface area contributed by atoms with E-state index in [9.17, 15) is 9.59 Å². The highest BCUT2D eigenvalue weighted by Gasteiger charge is 2.11. The fraction of sp³-hybridized carbons (Fsp3) is 0.125. The van der Waals surface area contributed by atoms with Gasteiger partial charge in [-0.25, -0.2) is 5.43 Å². The molecule has 8 heteroatoms. The Morgan fingerprint density at radius 2 is 1.69 bits per heavy atom. The molecule has 32 heavy (non-hydrogen) atoms. The summed E-state index contributed by atoms with van der Waals surface area (Å²) >= 11 is 11.9. The molecule has 0 radical (unpaired) electrons. The third-order valence-electron chi connectivity index (χ3n) is 4.41. The molecule has 0 unspecified atom stereocenters. The van der Waals surface area contributed by atoms with Crippen LogP contribution in [0.25, 0.3) is 0 Å². The Balaban J connectivity index is 1.48. The first-order valence-corrected chi connectivity index (χ1v) is 10.5. The van der Waals surface area contributed by atoms with Crippen molar-refractivity contribution in [2.24, 2.45) is 5.10 Å². The highest BCUT2D eigenvalue weighted by Crippen LogP contribution is 2.23. The Labute approximate surface area is 196 Å². The zero-order valence-electron chi connectivity index (χ0n) is 17.3. The lowest BCUT2D eigenvalue weighted by Gasteiger charge is -2.08. The van der Waals surface area contributed by atoms with Crippen LogP contribution in [0.2, 0.25) is 10.0 Å². The zero-order valence-corrected chi connectivity index (χ0v) is 18.8. The second-order valence-corrected chi connectivity index (χ2v) is 7.79. The van der Waals surface area contributed by atoms with Crippen LogP contribution in [0.4, 0.5) is 0 Å². The monoisotopic (exact) mass is 469 g/mol. The molecule has 6 nitrogen and oxygen atoms in total. The summed E-state index contributed by atoms with van der Waals surface area (Å²) in [4.78, 5) is 23.8. The molecule has 0 heterocycles. The normalized spacial score (nSPS) is 10.7. The van der Waals surface area contributed by atoms with Crippen LogP contribution in [0, 0.1) is 6.92 Å². The number of benzene rings is 3. The van der Waals surface area contributed by atoms with E-state index in [4.69, 9.17) is 27.9 Å². The van der Waals surface area contributed by atoms with Crippen LogP contribution in [-0.2, 0) is 22.7 Å². The molecule has 0 atom stereocenters. The first-order valence-electron chi connectivity index (χ1n) is 9.74. The van der Waals surface area contributed by atoms with Gasteiger partial charge in [-0.3, -0.25) is 9.59 Å². The van der Waals surface area contributed by atoms with Crippen molar-refractivity contribution in [3.63, 3.8) is 0 Å². The van der Waals surface area contributed by atoms with Gasteiger partial charge in [0.25, 0.3) is 0 Å². The van der Waals surface area contributed by atoms with Gasteiger partial charge in [-0.05, 0) is 47.9 Å². The number of aryl methyl sites for hydroxylation is 1. The summed E-state index contributed by atoms with van der Waals surface area (Å²) in [6, 6.07) is 20.1. The molecule has 0 aliphatic carbocycles. The van der Waals surface area contributed by atoms with Gasteiger partial charge in [-0.15, -0.1) is 0 Å². The van der Waals surface area contributed by atoms with Gasteiger partial charge in [0.15, 0.2) is 0 Å². The van der Waals surface area contributed by atoms with E-state index >= 15 is 0 Å². The number of carbonyl (C=O) groups is 2. The van der Waals surface area contributed by atoms with Gasteiger partial charge in [-0.2, -0.15) is 5.10 Å². The third-order valence-corrected chi connectivity index (χ3v) is 5.15. The lowest BCUT2D eigenvalue weighted by atomic mass is 10.1. The minimum atomic E-state index is -0.847. The molecule has 0 bridgehead atoms. The topological polar surface area (TPSA) is 79.8 Å². The minimum Gasteiger partial charge on any atom is -0.489 e. The third kappa shape index (κ3) is 7.11. The van der Waals surface area contributed by atoms with Crippen LogP contribution >= 0.6 is 23.2 Å². The first kappa shape index (κ1) is 23.3. The number of ether oxygens (including phenoxy) is 1. The van der Waals surface area contributed by atoms with Crippen LogP contribution in [0.1, 0.15) is 22.3 Å². The van der Waals surface area contributed by atoms with Crippen LogP contribution in [0.15, 0.2) is 71.8 Å². The number of halogens is 2. The van der Waals surface area contributed by atoms with Crippen molar-refractivity contribution in [2.45, 2.75) is 20.1 Å². The van der Waals surface area contributed by atoms with Gasteiger partial charge >= 0.3 is 11.8 Å². The highest BCUT2D eigenvalue weighted by atomic mass is 35.5. The molecule has 0 aromatic heterocycles. The fourth-order valence-electron chi connectivity index (χ4n) is 2.67. The van der Waals surface area contributed by atoms with Crippen LogP contribution in [0.5, 0.6) is 5.75 Å². The molecule has 2 N–H and O–H groups in total. The van der Waals surface area contributed by atoms with E-state index in [1.807, 2.05) is 37.3 Å². The lowest BCUT2D eigenvalue weighted by Crippen LogP contribution is -2.37. The molecule has 0 spiro atoms. The first-order chi connectivity index (χ1) is 15.4. The summed E-state index contributed by atoms with van der Waals surface area (Å²) in [5.74, 6) is -0.996. The van der Waals surface area contributed by atoms with Crippen molar-refractivity contribution < 1.29 is 14.3 Å². The molecular weight excluding hydrogens is 449 g/mol. The van der Waals surface area contributed by atoms with Crippen molar-refractivity contribution in [1.82, 2.24) is 10.7 Å². The summed E-state index contributed by atoms with van der Waals surface area (Å²) in [5, 5.41) is 7.34. The van der Waals surface area contributed by atoms with Gasteiger partial charge < -0.3 is 10.1 Å². The van der Waals surface area contributed by atoms with Crippen molar-refractivity contribution in [2.75, 3.05) is 0 Å². The number of hydrogen-bond donors (Lipinski definition) is 2. The summed E-state index contributed by atoms with van der Waals surface area (Å²) in [6.07, 6.45) is 1.43. The van der Waals surface area contributed by atoms with Crippen molar-refractivity contribution in [3.05, 3.63) is 99.0 Å². The molecular formula is C24H21Cl2N3O3. The van der Waals surface area contributed by atoms with Crippen LogP contribution < -0.4 is 15.5 Å². The van der Waals surface area contributed by atoms with Gasteiger partial charge in [-0.1, -0.05) is 71.2 Å². The molecule has 0 saturated heterocycles. The van der Waals surface area contributed by atoms with E-state index in [1.165, 1.54) is 6.21 Å². The number of carbonyl (C=O) groups excluding carboxylic acids is 2. The Morgan fingerprint density at radius 3 is 2.44 bits per heavy atom. The maximum Gasteiger partial charge on any atom is 0.329 e. The number of rotatable bonds is 7. The van der Waals surface area contributed by atoms with Gasteiger partial charge in [0.05, 0.1) is 16.3 Å². The van der Waals surface area contributed by atoms with E-state index in [-0.39, 0.29) is 6.54 Å². The number of hydrazone groups is 1. The quantitative estimate of drug-likeness (QED) is 0.300. The zero-order chi connectivity index (χ0) is 22.9. The van der Waals surface area contributed by atoms with E-state index < -0.39 is 11.8 Å². The average Bonchev–Trinajstić information content (AvgIpc) is 2.79. The molecule has 0 aliphatic heterocycles. The summed E-state index contributed by atoms with van der Waals surface area (Å²) in [7, 11) is 0. The lowest BCUT2D eigenvalue weighted by molar-refractivity contribution is -0.139. The Hall–Kier alpha value is -3.35. The molecule has 3 aromatic carbocycles. The SMILES string of the molecule is Cc1ccc(CNC(=O)C(=O)N/N=C\c2cccc(OCc3ccc(Cl)c(Cl)c3)c2)cc1. The van der Waals surface area contributed by atoms with Gasteiger partial charge in [0.2, 0.25) is 0 Å². The second kappa shape index (κ2) is 11.3. The summed E-state index contributed by atoms with van der Waals surface area (Å²) < 4.78 is 5.76. The molecule has 0 aliphatic rings. The largest absolute Gasteiger partial charge is 0.489 e. The molecule has 0 fully saturated rings. The standard InChI is InChI=1S/C24H21Cl2N3O3/c1-16-5-7-17(8-6-16)13-27-23(30)24(31)29-28-14-18-3-2-4-20(11-18)32-15-19-9-10-21(25)22(26)12-19/h2-12,14H,13,15H2,1H3,(H,27,30)(H,29,31)/b28-14-.